The van der Waals surface area contributed by atoms with Gasteiger partial charge in [0.15, 0.2) is 11.0 Å². The molecule has 3 aromatic heterocycles. The van der Waals surface area contributed by atoms with E-state index in [2.05, 4.69) is 15.3 Å². The molecule has 1 aliphatic heterocycles. The predicted octanol–water partition coefficient (Wildman–Crippen LogP) is 5.10. The number of carbonyl (C=O) groups is 1. The van der Waals surface area contributed by atoms with Gasteiger partial charge in [0, 0.05) is 13.0 Å². The van der Waals surface area contributed by atoms with Crippen LogP contribution in [0, 0.1) is 0 Å². The van der Waals surface area contributed by atoms with Crippen LogP contribution in [0.1, 0.15) is 30.0 Å². The molecule has 0 aliphatic carbocycles. The number of carbonyl (C=O) groups excluding carboxylic acids is 1. The molecule has 0 saturated carbocycles. The van der Waals surface area contributed by atoms with Gasteiger partial charge in [0.2, 0.25) is 0 Å². The van der Waals surface area contributed by atoms with E-state index in [1.165, 1.54) is 11.8 Å². The molecule has 0 N–H and O–H groups in total. The van der Waals surface area contributed by atoms with Crippen molar-refractivity contribution in [2.45, 2.75) is 31.1 Å². The van der Waals surface area contributed by atoms with Crippen LogP contribution in [-0.2, 0) is 11.3 Å². The maximum absolute atomic E-state index is 13.3. The number of hydrogen-bond acceptors (Lipinski definition) is 8. The average molecular weight is 494 g/mol. The van der Waals surface area contributed by atoms with E-state index in [0.717, 1.165) is 27.7 Å². The Labute approximate surface area is 205 Å². The lowest BCUT2D eigenvalue weighted by molar-refractivity contribution is -0.130. The summed E-state index contributed by atoms with van der Waals surface area (Å²) in [6.07, 6.45) is 2.24. The Morgan fingerprint density at radius 3 is 2.82 bits per heavy atom. The fourth-order valence-corrected chi connectivity index (χ4v) is 5.51. The third-order valence-electron chi connectivity index (χ3n) is 5.55. The first-order valence-electron chi connectivity index (χ1n) is 10.9. The second-order valence-corrected chi connectivity index (χ2v) is 9.43. The average Bonchev–Trinajstić information content (AvgIpc) is 3.68. The number of aromatic nitrogens is 3. The fraction of sp³-hybridized carbons (Fsp3) is 0.250. The van der Waals surface area contributed by atoms with Gasteiger partial charge in [0.25, 0.3) is 5.91 Å². The lowest BCUT2D eigenvalue weighted by atomic mass is 10.1. The van der Waals surface area contributed by atoms with Gasteiger partial charge < -0.3 is 13.7 Å². The van der Waals surface area contributed by atoms with Crippen LogP contribution in [0.15, 0.2) is 74.8 Å². The summed E-state index contributed by atoms with van der Waals surface area (Å²) in [5.74, 6) is 2.24. The monoisotopic (exact) mass is 493 g/mol. The number of para-hydroxylation sites is 1. The van der Waals surface area contributed by atoms with Crippen LogP contribution in [0.4, 0.5) is 0 Å². The molecule has 4 heterocycles. The van der Waals surface area contributed by atoms with Crippen LogP contribution in [-0.4, -0.2) is 44.3 Å². The molecule has 0 radical (unpaired) electrons. The van der Waals surface area contributed by atoms with Gasteiger partial charge in [-0.15, -0.1) is 21.5 Å². The number of rotatable bonds is 8. The molecule has 4 aromatic rings. The molecule has 1 atom stereocenters. The zero-order valence-corrected chi connectivity index (χ0v) is 20.4. The molecule has 174 valence electrons. The molecule has 5 rings (SSSR count). The van der Waals surface area contributed by atoms with Crippen molar-refractivity contribution in [2.24, 2.45) is 5.10 Å². The number of furan rings is 1. The van der Waals surface area contributed by atoms with Crippen molar-refractivity contribution in [3.8, 4) is 17.1 Å². The molecule has 0 bridgehead atoms. The Balaban J connectivity index is 1.36. The third-order valence-corrected chi connectivity index (χ3v) is 7.42. The summed E-state index contributed by atoms with van der Waals surface area (Å²) in [5.41, 5.74) is 1.75. The van der Waals surface area contributed by atoms with E-state index in [0.29, 0.717) is 23.9 Å². The highest BCUT2D eigenvalue weighted by Crippen LogP contribution is 2.35. The molecule has 0 unspecified atom stereocenters. The predicted molar refractivity (Wildman–Crippen MR) is 132 cm³/mol. The molecule has 10 heteroatoms. The topological polar surface area (TPSA) is 85.8 Å². The van der Waals surface area contributed by atoms with E-state index in [1.807, 2.05) is 65.4 Å². The smallest absolute Gasteiger partial charge is 0.253 e. The normalized spacial score (nSPS) is 15.5. The first-order valence-corrected chi connectivity index (χ1v) is 12.7. The van der Waals surface area contributed by atoms with Crippen LogP contribution in [0.3, 0.4) is 0 Å². The molecule has 8 nitrogen and oxygen atoms in total. The highest BCUT2D eigenvalue weighted by Gasteiger charge is 2.35. The van der Waals surface area contributed by atoms with Gasteiger partial charge in [-0.1, -0.05) is 30.0 Å². The van der Waals surface area contributed by atoms with Crippen molar-refractivity contribution in [3.05, 3.63) is 70.8 Å². The highest BCUT2D eigenvalue weighted by molar-refractivity contribution is 7.99. The number of thiophene rings is 1. The number of methoxy groups -OCH3 is 1. The first-order chi connectivity index (χ1) is 16.7. The minimum Gasteiger partial charge on any atom is -0.496 e. The van der Waals surface area contributed by atoms with Gasteiger partial charge in [-0.05, 0) is 42.6 Å². The Hall–Kier alpha value is -3.37. The number of ether oxygens (including phenoxy) is 1. The van der Waals surface area contributed by atoms with Crippen molar-refractivity contribution >= 4 is 34.7 Å². The lowest BCUT2D eigenvalue weighted by Crippen LogP contribution is -2.28. The third kappa shape index (κ3) is 4.26. The van der Waals surface area contributed by atoms with Gasteiger partial charge in [-0.3, -0.25) is 4.79 Å². The highest BCUT2D eigenvalue weighted by atomic mass is 32.2. The summed E-state index contributed by atoms with van der Waals surface area (Å²) in [7, 11) is 1.64. The second kappa shape index (κ2) is 9.86. The molecule has 1 aliphatic rings. The van der Waals surface area contributed by atoms with Crippen molar-refractivity contribution in [1.82, 2.24) is 19.8 Å². The van der Waals surface area contributed by atoms with Gasteiger partial charge in [-0.25, -0.2) is 5.01 Å². The summed E-state index contributed by atoms with van der Waals surface area (Å²) in [4.78, 5) is 14.4. The number of nitrogens with zero attached hydrogens (tertiary/aromatic N) is 5. The van der Waals surface area contributed by atoms with Crippen LogP contribution >= 0.6 is 23.1 Å². The van der Waals surface area contributed by atoms with Crippen molar-refractivity contribution < 1.29 is 13.9 Å². The molecule has 0 fully saturated rings. The Bertz CT molecular complexity index is 1300. The minimum atomic E-state index is -0.256. The van der Waals surface area contributed by atoms with E-state index in [1.54, 1.807) is 29.7 Å². The summed E-state index contributed by atoms with van der Waals surface area (Å²) in [5, 5.41) is 17.7. The maximum Gasteiger partial charge on any atom is 0.253 e. The Kier molecular flexibility index (Phi) is 6.50. The molecule has 1 aromatic carbocycles. The van der Waals surface area contributed by atoms with Crippen molar-refractivity contribution in [1.29, 1.82) is 0 Å². The van der Waals surface area contributed by atoms with Crippen molar-refractivity contribution in [2.75, 3.05) is 12.9 Å². The largest absolute Gasteiger partial charge is 0.496 e. The van der Waals surface area contributed by atoms with Gasteiger partial charge in [0.05, 0.1) is 35.3 Å². The number of amides is 1. The fourth-order valence-electron chi connectivity index (χ4n) is 3.94. The van der Waals surface area contributed by atoms with E-state index < -0.39 is 0 Å². The number of hydrogen-bond donors (Lipinski definition) is 0. The standard InChI is InChI=1S/C24H23N5O3S2/c1-3-28-23(16-8-4-5-9-19(16)31-2)25-26-24(28)34-15-22(30)29-18(20-10-6-12-32-20)14-17(27-29)21-11-7-13-33-21/h4-13,18H,3,14-15H2,1-2H3/t18-/m1/s1. The lowest BCUT2D eigenvalue weighted by Gasteiger charge is -2.19. The van der Waals surface area contributed by atoms with E-state index in [9.17, 15) is 4.79 Å². The summed E-state index contributed by atoms with van der Waals surface area (Å²) in [6.45, 7) is 2.69. The van der Waals surface area contributed by atoms with Crippen molar-refractivity contribution in [3.63, 3.8) is 0 Å². The van der Waals surface area contributed by atoms with Gasteiger partial charge >= 0.3 is 0 Å². The van der Waals surface area contributed by atoms with Crippen LogP contribution < -0.4 is 4.74 Å². The molecule has 34 heavy (non-hydrogen) atoms. The summed E-state index contributed by atoms with van der Waals surface area (Å²) < 4.78 is 13.1. The zero-order chi connectivity index (χ0) is 23.5. The zero-order valence-electron chi connectivity index (χ0n) is 18.7. The minimum absolute atomic E-state index is 0.109. The molecule has 0 spiro atoms. The summed E-state index contributed by atoms with van der Waals surface area (Å²) in [6, 6.07) is 15.2. The first kappa shape index (κ1) is 22.4. The quantitative estimate of drug-likeness (QED) is 0.318. The molecule has 0 saturated heterocycles. The maximum atomic E-state index is 13.3. The second-order valence-electron chi connectivity index (χ2n) is 7.54. The summed E-state index contributed by atoms with van der Waals surface area (Å²) >= 11 is 2.97. The van der Waals surface area contributed by atoms with E-state index >= 15 is 0 Å². The SMILES string of the molecule is CCn1c(SCC(=O)N2N=C(c3cccs3)C[C@@H]2c2ccco2)nnc1-c1ccccc1OC. The van der Waals surface area contributed by atoms with Crippen LogP contribution in [0.5, 0.6) is 5.75 Å². The number of benzene rings is 1. The molecule has 1 amide bonds. The number of thioether (sulfide) groups is 1. The van der Waals surface area contributed by atoms with E-state index in [-0.39, 0.29) is 17.7 Å². The molecular formula is C24H23N5O3S2. The molecular weight excluding hydrogens is 470 g/mol. The van der Waals surface area contributed by atoms with Crippen LogP contribution in [0.2, 0.25) is 0 Å². The Morgan fingerprint density at radius 2 is 2.09 bits per heavy atom. The van der Waals surface area contributed by atoms with Crippen LogP contribution in [0.25, 0.3) is 11.4 Å². The Morgan fingerprint density at radius 1 is 1.21 bits per heavy atom. The van der Waals surface area contributed by atoms with E-state index in [4.69, 9.17) is 9.15 Å². The van der Waals surface area contributed by atoms with Gasteiger partial charge in [-0.2, -0.15) is 5.10 Å². The number of hydrazone groups is 1. The van der Waals surface area contributed by atoms with Gasteiger partial charge in [0.1, 0.15) is 17.6 Å².